The summed E-state index contributed by atoms with van der Waals surface area (Å²) in [5.74, 6) is 0. The maximum Gasteiger partial charge on any atom is -0.00624 e. The van der Waals surface area contributed by atoms with Gasteiger partial charge in [0, 0.05) is 0 Å². The van der Waals surface area contributed by atoms with Gasteiger partial charge >= 0.3 is 0 Å². The molecule has 1 nitrogen and oxygen atoms in total. The van der Waals surface area contributed by atoms with E-state index in [1.165, 1.54) is 6.20 Å². The molecule has 0 saturated carbocycles. The molecule has 0 unspecified atom stereocenters. The first-order valence-corrected chi connectivity index (χ1v) is 2.58. The van der Waals surface area contributed by atoms with Crippen LogP contribution in [0.5, 0.6) is 0 Å². The van der Waals surface area contributed by atoms with Gasteiger partial charge in [-0.05, 0) is 19.2 Å². The molecular formula is C7H11N. The highest BCUT2D eigenvalue weighted by Crippen LogP contribution is 1.75. The molecule has 0 aromatic heterocycles. The van der Waals surface area contributed by atoms with Gasteiger partial charge < -0.3 is 5.73 Å². The van der Waals surface area contributed by atoms with Gasteiger partial charge in [-0.3, -0.25) is 0 Å². The third-order valence-electron chi connectivity index (χ3n) is 0.637. The third-order valence-corrected chi connectivity index (χ3v) is 0.637. The van der Waals surface area contributed by atoms with Gasteiger partial charge in [0.05, 0.1) is 0 Å². The quantitative estimate of drug-likeness (QED) is 0.535. The molecule has 0 spiro atoms. The van der Waals surface area contributed by atoms with E-state index in [9.17, 15) is 0 Å². The number of rotatable bonds is 2. The van der Waals surface area contributed by atoms with Crippen LogP contribution >= 0.6 is 0 Å². The second kappa shape index (κ2) is 6.02. The van der Waals surface area contributed by atoms with Crippen molar-refractivity contribution in [2.24, 2.45) is 5.73 Å². The highest BCUT2D eigenvalue weighted by Gasteiger charge is 1.55. The Bertz CT molecular complexity index is 95.6. The Hall–Kier alpha value is -0.980. The highest BCUT2D eigenvalue weighted by atomic mass is 14.5. The number of hydrogen-bond donors (Lipinski definition) is 1. The van der Waals surface area contributed by atoms with Crippen molar-refractivity contribution in [2.45, 2.75) is 6.92 Å². The van der Waals surface area contributed by atoms with Crippen LogP contribution in [-0.4, -0.2) is 0 Å². The van der Waals surface area contributed by atoms with Crippen LogP contribution in [0.25, 0.3) is 0 Å². The van der Waals surface area contributed by atoms with Crippen LogP contribution in [0.2, 0.25) is 0 Å². The summed E-state index contributed by atoms with van der Waals surface area (Å²) in [6, 6.07) is 0. The van der Waals surface area contributed by atoms with Gasteiger partial charge in [0.2, 0.25) is 0 Å². The Kier molecular flexibility index (Phi) is 5.28. The zero-order valence-corrected chi connectivity index (χ0v) is 5.04. The smallest absolute Gasteiger partial charge is 0.00624 e. The van der Waals surface area contributed by atoms with E-state index in [0.717, 1.165) is 0 Å². The molecule has 8 heavy (non-hydrogen) atoms. The van der Waals surface area contributed by atoms with Crippen molar-refractivity contribution in [3.05, 3.63) is 36.6 Å². The predicted molar refractivity (Wildman–Crippen MR) is 37.3 cm³/mol. The van der Waals surface area contributed by atoms with E-state index in [1.54, 1.807) is 6.08 Å². The Morgan fingerprint density at radius 3 is 2.12 bits per heavy atom. The van der Waals surface area contributed by atoms with Crippen molar-refractivity contribution >= 4 is 0 Å². The van der Waals surface area contributed by atoms with Crippen LogP contribution in [0.4, 0.5) is 0 Å². The predicted octanol–water partition coefficient (Wildman–Crippen LogP) is 1.59. The summed E-state index contributed by atoms with van der Waals surface area (Å²) < 4.78 is 0. The maximum atomic E-state index is 5.05. The van der Waals surface area contributed by atoms with Crippen molar-refractivity contribution in [1.29, 1.82) is 0 Å². The molecule has 0 fully saturated rings. The molecule has 1 heteroatoms. The Morgan fingerprint density at radius 2 is 1.62 bits per heavy atom. The van der Waals surface area contributed by atoms with Crippen molar-refractivity contribution in [3.63, 3.8) is 0 Å². The molecule has 0 aliphatic heterocycles. The second-order valence-corrected chi connectivity index (χ2v) is 1.30. The van der Waals surface area contributed by atoms with Crippen LogP contribution < -0.4 is 5.73 Å². The minimum Gasteiger partial charge on any atom is -0.405 e. The molecule has 0 aromatic rings. The van der Waals surface area contributed by atoms with E-state index in [1.807, 2.05) is 31.2 Å². The fourth-order valence-electron chi connectivity index (χ4n) is 0.304. The van der Waals surface area contributed by atoms with Gasteiger partial charge in [0.15, 0.2) is 0 Å². The van der Waals surface area contributed by atoms with Crippen LogP contribution in [0.15, 0.2) is 36.6 Å². The van der Waals surface area contributed by atoms with Crippen LogP contribution in [0, 0.1) is 0 Å². The number of hydrogen-bond acceptors (Lipinski definition) is 1. The van der Waals surface area contributed by atoms with Crippen molar-refractivity contribution in [2.75, 3.05) is 0 Å². The normalized spacial score (nSPS) is 12.6. The Balaban J connectivity index is 3.35. The highest BCUT2D eigenvalue weighted by molar-refractivity contribution is 5.09. The molecule has 0 amide bonds. The van der Waals surface area contributed by atoms with Crippen molar-refractivity contribution < 1.29 is 0 Å². The fraction of sp³-hybridized carbons (Fsp3) is 0.143. The summed E-state index contributed by atoms with van der Waals surface area (Å²) >= 11 is 0. The van der Waals surface area contributed by atoms with E-state index in [4.69, 9.17) is 5.73 Å². The minimum absolute atomic E-state index is 1.50. The molecule has 0 rings (SSSR count). The fourth-order valence-corrected chi connectivity index (χ4v) is 0.304. The summed E-state index contributed by atoms with van der Waals surface area (Å²) in [7, 11) is 0. The van der Waals surface area contributed by atoms with Crippen LogP contribution in [0.3, 0.4) is 0 Å². The summed E-state index contributed by atoms with van der Waals surface area (Å²) in [4.78, 5) is 0. The summed E-state index contributed by atoms with van der Waals surface area (Å²) in [6.45, 7) is 1.97. The summed E-state index contributed by atoms with van der Waals surface area (Å²) in [6.07, 6.45) is 11.0. The number of nitrogens with two attached hydrogens (primary N) is 1. The molecule has 0 radical (unpaired) electrons. The summed E-state index contributed by atoms with van der Waals surface area (Å²) in [5, 5.41) is 0. The van der Waals surface area contributed by atoms with E-state index >= 15 is 0 Å². The van der Waals surface area contributed by atoms with E-state index in [0.29, 0.717) is 0 Å². The molecule has 0 heterocycles. The molecule has 0 atom stereocenters. The lowest BCUT2D eigenvalue weighted by Crippen LogP contribution is -1.71. The Labute approximate surface area is 50.2 Å². The van der Waals surface area contributed by atoms with Crippen LogP contribution in [0.1, 0.15) is 6.92 Å². The number of allylic oxidation sites excluding steroid dienone is 5. The van der Waals surface area contributed by atoms with Crippen LogP contribution in [-0.2, 0) is 0 Å². The molecule has 44 valence electrons. The Morgan fingerprint density at radius 1 is 1.00 bits per heavy atom. The van der Waals surface area contributed by atoms with Gasteiger partial charge in [-0.2, -0.15) is 0 Å². The lowest BCUT2D eigenvalue weighted by atomic mass is 10.4. The zero-order valence-electron chi connectivity index (χ0n) is 5.04. The monoisotopic (exact) mass is 109 g/mol. The average molecular weight is 109 g/mol. The topological polar surface area (TPSA) is 26.0 Å². The summed E-state index contributed by atoms with van der Waals surface area (Å²) in [5.41, 5.74) is 5.05. The standard InChI is InChI=1S/C7H11N/c1-2-3-4-5-6-7-8/h2-7H,8H2,1H3. The maximum absolute atomic E-state index is 5.05. The SMILES string of the molecule is CC=CC=CC=CN. The van der Waals surface area contributed by atoms with E-state index < -0.39 is 0 Å². The average Bonchev–Trinajstić information content (AvgIpc) is 1.81. The molecule has 0 aliphatic carbocycles. The molecular weight excluding hydrogens is 98.1 g/mol. The lowest BCUT2D eigenvalue weighted by molar-refractivity contribution is 1.60. The van der Waals surface area contributed by atoms with E-state index in [-0.39, 0.29) is 0 Å². The van der Waals surface area contributed by atoms with Gasteiger partial charge in [-0.15, -0.1) is 0 Å². The van der Waals surface area contributed by atoms with Gasteiger partial charge in [0.25, 0.3) is 0 Å². The van der Waals surface area contributed by atoms with Gasteiger partial charge in [0.1, 0.15) is 0 Å². The zero-order chi connectivity index (χ0) is 6.24. The molecule has 0 bridgehead atoms. The molecule has 2 N–H and O–H groups in total. The lowest BCUT2D eigenvalue weighted by Gasteiger charge is -1.68. The second-order valence-electron chi connectivity index (χ2n) is 1.30. The first kappa shape index (κ1) is 7.02. The van der Waals surface area contributed by atoms with Crippen molar-refractivity contribution in [3.8, 4) is 0 Å². The molecule has 0 saturated heterocycles. The molecule has 0 aromatic carbocycles. The first-order chi connectivity index (χ1) is 3.91. The molecule has 0 aliphatic rings. The first-order valence-electron chi connectivity index (χ1n) is 2.58. The largest absolute Gasteiger partial charge is 0.405 e. The van der Waals surface area contributed by atoms with Gasteiger partial charge in [-0.1, -0.05) is 24.3 Å². The van der Waals surface area contributed by atoms with Crippen molar-refractivity contribution in [1.82, 2.24) is 0 Å². The third kappa shape index (κ3) is 5.02. The van der Waals surface area contributed by atoms with E-state index in [2.05, 4.69) is 0 Å². The minimum atomic E-state index is 1.50. The van der Waals surface area contributed by atoms with Gasteiger partial charge in [-0.25, -0.2) is 0 Å².